The number of hydrogen-bond donors (Lipinski definition) is 0. The molecule has 0 saturated heterocycles. The topological polar surface area (TPSA) is 74.8 Å². The summed E-state index contributed by atoms with van der Waals surface area (Å²) >= 11 is 0. The van der Waals surface area contributed by atoms with Gasteiger partial charge in [0.1, 0.15) is 0 Å². The van der Waals surface area contributed by atoms with Crippen molar-refractivity contribution in [1.82, 2.24) is 8.61 Å². The third-order valence-electron chi connectivity index (χ3n) is 5.36. The first kappa shape index (κ1) is 22.1. The fourth-order valence-corrected chi connectivity index (χ4v) is 6.30. The Kier molecular flexibility index (Phi) is 5.83. The van der Waals surface area contributed by atoms with Gasteiger partial charge in [-0.15, -0.1) is 0 Å². The van der Waals surface area contributed by atoms with E-state index in [1.165, 1.54) is 14.8 Å². The van der Waals surface area contributed by atoms with Gasteiger partial charge in [-0.1, -0.05) is 65.7 Å². The zero-order valence-electron chi connectivity index (χ0n) is 17.8. The van der Waals surface area contributed by atoms with Crippen molar-refractivity contribution in [2.75, 3.05) is 13.1 Å². The summed E-state index contributed by atoms with van der Waals surface area (Å²) in [6, 6.07) is 22.2. The van der Waals surface area contributed by atoms with Crippen LogP contribution >= 0.6 is 0 Å². The first-order valence-corrected chi connectivity index (χ1v) is 13.0. The van der Waals surface area contributed by atoms with E-state index in [0.29, 0.717) is 11.3 Å². The molecule has 3 aromatic carbocycles. The van der Waals surface area contributed by atoms with Crippen molar-refractivity contribution in [2.45, 2.75) is 23.6 Å². The Hall–Kier alpha value is -3.10. The first-order chi connectivity index (χ1) is 15.2. The third kappa shape index (κ3) is 4.16. The molecule has 0 amide bonds. The van der Waals surface area contributed by atoms with Gasteiger partial charge in [0.2, 0.25) is 0 Å². The van der Waals surface area contributed by atoms with Crippen molar-refractivity contribution < 1.29 is 16.8 Å². The van der Waals surface area contributed by atoms with E-state index in [9.17, 15) is 16.8 Å². The lowest BCUT2D eigenvalue weighted by atomic mass is 10.1. The second-order valence-electron chi connectivity index (χ2n) is 7.70. The summed E-state index contributed by atoms with van der Waals surface area (Å²) in [4.78, 5) is 0.335. The van der Waals surface area contributed by atoms with Gasteiger partial charge in [0.15, 0.2) is 0 Å². The van der Waals surface area contributed by atoms with Gasteiger partial charge in [0.25, 0.3) is 20.0 Å². The van der Waals surface area contributed by atoms with Gasteiger partial charge in [0.05, 0.1) is 28.6 Å². The lowest BCUT2D eigenvalue weighted by Gasteiger charge is -2.35. The van der Waals surface area contributed by atoms with Gasteiger partial charge < -0.3 is 0 Å². The standard InChI is InChI=1S/C24H24N2O4S2/c1-19-8-12-22(13-9-19)31(27,28)25-16-17-26(24(18-25)21-6-4-3-5-7-21)32(29,30)23-14-10-20(2)11-15-23/h3-15,18H,16-17H2,1-2H3. The van der Waals surface area contributed by atoms with E-state index in [2.05, 4.69) is 0 Å². The average Bonchev–Trinajstić information content (AvgIpc) is 2.80. The summed E-state index contributed by atoms with van der Waals surface area (Å²) in [5.74, 6) is 0. The van der Waals surface area contributed by atoms with Crippen molar-refractivity contribution in [3.63, 3.8) is 0 Å². The van der Waals surface area contributed by atoms with Crippen LogP contribution in [0.5, 0.6) is 0 Å². The summed E-state index contributed by atoms with van der Waals surface area (Å²) < 4.78 is 55.9. The normalized spacial score (nSPS) is 14.9. The third-order valence-corrected chi connectivity index (χ3v) is 8.97. The van der Waals surface area contributed by atoms with Gasteiger partial charge >= 0.3 is 0 Å². The van der Waals surface area contributed by atoms with E-state index in [0.717, 1.165) is 11.1 Å². The molecule has 32 heavy (non-hydrogen) atoms. The van der Waals surface area contributed by atoms with E-state index < -0.39 is 20.0 Å². The molecule has 0 aromatic heterocycles. The van der Waals surface area contributed by atoms with E-state index in [1.807, 2.05) is 19.9 Å². The molecular formula is C24H24N2O4S2. The molecule has 0 radical (unpaired) electrons. The highest BCUT2D eigenvalue weighted by atomic mass is 32.2. The predicted molar refractivity (Wildman–Crippen MR) is 125 cm³/mol. The molecule has 0 spiro atoms. The monoisotopic (exact) mass is 468 g/mol. The van der Waals surface area contributed by atoms with Gasteiger partial charge in [-0.3, -0.25) is 8.61 Å². The van der Waals surface area contributed by atoms with Crippen LogP contribution in [0, 0.1) is 13.8 Å². The number of aryl methyl sites for hydroxylation is 2. The average molecular weight is 469 g/mol. The molecule has 4 rings (SSSR count). The van der Waals surface area contributed by atoms with E-state index in [1.54, 1.807) is 72.8 Å². The summed E-state index contributed by atoms with van der Waals surface area (Å²) in [6.45, 7) is 3.79. The molecule has 6 nitrogen and oxygen atoms in total. The molecule has 0 fully saturated rings. The van der Waals surface area contributed by atoms with E-state index in [-0.39, 0.29) is 22.9 Å². The Morgan fingerprint density at radius 2 is 1.12 bits per heavy atom. The maximum atomic E-state index is 13.5. The van der Waals surface area contributed by atoms with E-state index >= 15 is 0 Å². The van der Waals surface area contributed by atoms with Crippen LogP contribution in [0.15, 0.2) is 94.9 Å². The van der Waals surface area contributed by atoms with Gasteiger partial charge in [-0.05, 0) is 38.1 Å². The zero-order chi connectivity index (χ0) is 22.9. The summed E-state index contributed by atoms with van der Waals surface area (Å²) in [5.41, 5.74) is 2.84. The van der Waals surface area contributed by atoms with Gasteiger partial charge in [0, 0.05) is 11.8 Å². The van der Waals surface area contributed by atoms with Crippen LogP contribution in [-0.4, -0.2) is 38.5 Å². The Labute approximate surface area is 189 Å². The number of sulfonamides is 2. The smallest absolute Gasteiger partial charge is 0.264 e. The highest BCUT2D eigenvalue weighted by Crippen LogP contribution is 2.32. The maximum Gasteiger partial charge on any atom is 0.264 e. The number of benzene rings is 3. The minimum atomic E-state index is -3.87. The van der Waals surface area contributed by atoms with Crippen LogP contribution < -0.4 is 0 Å². The van der Waals surface area contributed by atoms with Crippen LogP contribution in [0.4, 0.5) is 0 Å². The quantitative estimate of drug-likeness (QED) is 0.567. The first-order valence-electron chi connectivity index (χ1n) is 10.1. The largest absolute Gasteiger partial charge is 0.269 e. The molecule has 1 aliphatic heterocycles. The second kappa shape index (κ2) is 8.44. The van der Waals surface area contributed by atoms with Crippen molar-refractivity contribution in [1.29, 1.82) is 0 Å². The highest BCUT2D eigenvalue weighted by molar-refractivity contribution is 7.90. The maximum absolute atomic E-state index is 13.5. The minimum absolute atomic E-state index is 0.00201. The lowest BCUT2D eigenvalue weighted by molar-refractivity contribution is 0.421. The lowest BCUT2D eigenvalue weighted by Crippen LogP contribution is -2.43. The molecule has 0 saturated carbocycles. The summed E-state index contributed by atoms with van der Waals surface area (Å²) in [5, 5.41) is 0. The Morgan fingerprint density at radius 1 is 0.625 bits per heavy atom. The summed E-state index contributed by atoms with van der Waals surface area (Å²) in [7, 11) is -7.70. The fraction of sp³-hybridized carbons (Fsp3) is 0.167. The van der Waals surface area contributed by atoms with Crippen molar-refractivity contribution >= 4 is 25.7 Å². The Bertz CT molecular complexity index is 1350. The molecule has 1 aliphatic rings. The van der Waals surface area contributed by atoms with Crippen LogP contribution in [0.25, 0.3) is 5.70 Å². The molecule has 3 aromatic rings. The molecular weight excluding hydrogens is 444 g/mol. The fourth-order valence-electron chi connectivity index (χ4n) is 3.52. The molecule has 166 valence electrons. The van der Waals surface area contributed by atoms with Crippen LogP contribution in [0.3, 0.4) is 0 Å². The molecule has 0 atom stereocenters. The van der Waals surface area contributed by atoms with Crippen LogP contribution in [0.2, 0.25) is 0 Å². The predicted octanol–water partition coefficient (Wildman–Crippen LogP) is 4.00. The molecule has 8 heteroatoms. The van der Waals surface area contributed by atoms with Gasteiger partial charge in [-0.25, -0.2) is 16.8 Å². The Morgan fingerprint density at radius 3 is 1.66 bits per heavy atom. The highest BCUT2D eigenvalue weighted by Gasteiger charge is 2.34. The number of nitrogens with zero attached hydrogens (tertiary/aromatic N) is 2. The van der Waals surface area contributed by atoms with E-state index in [4.69, 9.17) is 0 Å². The Balaban J connectivity index is 1.80. The van der Waals surface area contributed by atoms with Crippen molar-refractivity contribution in [2.24, 2.45) is 0 Å². The number of hydrogen-bond acceptors (Lipinski definition) is 4. The molecule has 0 N–H and O–H groups in total. The van der Waals surface area contributed by atoms with Crippen molar-refractivity contribution in [3.8, 4) is 0 Å². The summed E-state index contributed by atoms with van der Waals surface area (Å²) in [6.07, 6.45) is 1.42. The van der Waals surface area contributed by atoms with Crippen molar-refractivity contribution in [3.05, 3.63) is 102 Å². The molecule has 1 heterocycles. The second-order valence-corrected chi connectivity index (χ2v) is 11.5. The van der Waals surface area contributed by atoms with Gasteiger partial charge in [-0.2, -0.15) is 0 Å². The molecule has 0 bridgehead atoms. The zero-order valence-corrected chi connectivity index (χ0v) is 19.5. The van der Waals surface area contributed by atoms with Crippen LogP contribution in [-0.2, 0) is 20.0 Å². The SMILES string of the molecule is Cc1ccc(S(=O)(=O)N2C=C(c3ccccc3)N(S(=O)(=O)c3ccc(C)cc3)CC2)cc1. The minimum Gasteiger partial charge on any atom is -0.269 e. The number of rotatable bonds is 5. The molecule has 0 unspecified atom stereocenters. The molecule has 0 aliphatic carbocycles. The van der Waals surface area contributed by atoms with Crippen LogP contribution in [0.1, 0.15) is 16.7 Å².